The van der Waals surface area contributed by atoms with E-state index in [0.29, 0.717) is 11.8 Å². The van der Waals surface area contributed by atoms with Gasteiger partial charge in [-0.15, -0.1) is 23.2 Å². The summed E-state index contributed by atoms with van der Waals surface area (Å²) >= 11 is 11.7. The highest BCUT2D eigenvalue weighted by Gasteiger charge is 2.05. The Morgan fingerprint density at radius 3 is 2.17 bits per heavy atom. The van der Waals surface area contributed by atoms with Crippen molar-refractivity contribution in [3.8, 4) is 5.75 Å². The molecule has 0 bridgehead atoms. The number of rotatable bonds is 8. The van der Waals surface area contributed by atoms with Gasteiger partial charge in [0.15, 0.2) is 0 Å². The standard InChI is InChI=1S/C17H19Cl2N3O/c1-23-17-4-2-3-15(13-17)21-20-14-5-7-16(8-6-14)22(11-9-18)12-10-19/h2-8,13H,9-12H2,1H3. The van der Waals surface area contributed by atoms with Crippen LogP contribution >= 0.6 is 23.2 Å². The Morgan fingerprint density at radius 1 is 0.913 bits per heavy atom. The maximum Gasteiger partial charge on any atom is 0.121 e. The number of methoxy groups -OCH3 is 1. The number of alkyl halides is 2. The van der Waals surface area contributed by atoms with Gasteiger partial charge in [0.2, 0.25) is 0 Å². The van der Waals surface area contributed by atoms with Crippen LogP contribution in [0.2, 0.25) is 0 Å². The quantitative estimate of drug-likeness (QED) is 0.471. The first-order chi connectivity index (χ1) is 11.3. The third-order valence-electron chi connectivity index (χ3n) is 3.26. The van der Waals surface area contributed by atoms with E-state index in [0.717, 1.165) is 35.9 Å². The molecule has 0 aliphatic rings. The molecular formula is C17H19Cl2N3O. The second-order valence-corrected chi connectivity index (χ2v) is 5.54. The molecule has 0 spiro atoms. The van der Waals surface area contributed by atoms with Crippen molar-refractivity contribution in [3.63, 3.8) is 0 Å². The Balaban J connectivity index is 2.07. The lowest BCUT2D eigenvalue weighted by atomic mass is 10.2. The largest absolute Gasteiger partial charge is 0.497 e. The molecule has 0 saturated carbocycles. The monoisotopic (exact) mass is 351 g/mol. The SMILES string of the molecule is COc1cccc(N=Nc2ccc(N(CCCl)CCCl)cc2)c1. The van der Waals surface area contributed by atoms with E-state index in [-0.39, 0.29) is 0 Å². The first-order valence-electron chi connectivity index (χ1n) is 7.29. The number of benzene rings is 2. The van der Waals surface area contributed by atoms with Crippen LogP contribution in [0.4, 0.5) is 17.1 Å². The van der Waals surface area contributed by atoms with Crippen LogP contribution in [0, 0.1) is 0 Å². The summed E-state index contributed by atoms with van der Waals surface area (Å²) < 4.78 is 5.17. The van der Waals surface area contributed by atoms with Crippen molar-refractivity contribution < 1.29 is 4.74 Å². The summed E-state index contributed by atoms with van der Waals surface area (Å²) in [6, 6.07) is 15.3. The minimum Gasteiger partial charge on any atom is -0.497 e. The fraction of sp³-hybridized carbons (Fsp3) is 0.294. The first kappa shape index (κ1) is 17.6. The molecular weight excluding hydrogens is 333 g/mol. The van der Waals surface area contributed by atoms with Gasteiger partial charge in [-0.2, -0.15) is 10.2 Å². The maximum absolute atomic E-state index is 5.83. The smallest absolute Gasteiger partial charge is 0.121 e. The number of azo groups is 1. The summed E-state index contributed by atoms with van der Waals surface area (Å²) in [4.78, 5) is 2.14. The summed E-state index contributed by atoms with van der Waals surface area (Å²) in [5.41, 5.74) is 2.61. The van der Waals surface area contributed by atoms with E-state index in [1.807, 2.05) is 48.5 Å². The van der Waals surface area contributed by atoms with Crippen molar-refractivity contribution in [1.82, 2.24) is 0 Å². The van der Waals surface area contributed by atoms with Crippen molar-refractivity contribution in [2.24, 2.45) is 10.2 Å². The van der Waals surface area contributed by atoms with E-state index in [4.69, 9.17) is 27.9 Å². The van der Waals surface area contributed by atoms with Gasteiger partial charge < -0.3 is 9.64 Å². The molecule has 0 radical (unpaired) electrons. The molecule has 23 heavy (non-hydrogen) atoms. The number of anilines is 1. The van der Waals surface area contributed by atoms with E-state index in [2.05, 4.69) is 15.1 Å². The zero-order valence-corrected chi connectivity index (χ0v) is 14.5. The molecule has 0 heterocycles. The van der Waals surface area contributed by atoms with Gasteiger partial charge in [0, 0.05) is 36.6 Å². The van der Waals surface area contributed by atoms with Gasteiger partial charge in [-0.3, -0.25) is 0 Å². The van der Waals surface area contributed by atoms with Gasteiger partial charge in [-0.25, -0.2) is 0 Å². The number of halogens is 2. The number of nitrogens with zero attached hydrogens (tertiary/aromatic N) is 3. The second-order valence-electron chi connectivity index (χ2n) is 4.78. The van der Waals surface area contributed by atoms with Gasteiger partial charge in [0.25, 0.3) is 0 Å². The summed E-state index contributed by atoms with van der Waals surface area (Å²) in [5, 5.41) is 8.46. The Labute approximate surface area is 146 Å². The molecule has 2 rings (SSSR count). The molecule has 6 heteroatoms. The molecule has 0 unspecified atom stereocenters. The highest BCUT2D eigenvalue weighted by atomic mass is 35.5. The van der Waals surface area contributed by atoms with Crippen molar-refractivity contribution >= 4 is 40.3 Å². The number of ether oxygens (including phenoxy) is 1. The van der Waals surface area contributed by atoms with Crippen LogP contribution in [0.25, 0.3) is 0 Å². The second kappa shape index (κ2) is 9.38. The maximum atomic E-state index is 5.83. The Hall–Kier alpha value is -1.78. The lowest BCUT2D eigenvalue weighted by Gasteiger charge is -2.22. The molecule has 0 saturated heterocycles. The molecule has 4 nitrogen and oxygen atoms in total. The Kier molecular flexibility index (Phi) is 7.17. The fourth-order valence-corrected chi connectivity index (χ4v) is 2.50. The molecule has 0 fully saturated rings. The Bertz CT molecular complexity index is 626. The molecule has 0 atom stereocenters. The Morgan fingerprint density at radius 2 is 1.57 bits per heavy atom. The van der Waals surface area contributed by atoms with E-state index >= 15 is 0 Å². The average Bonchev–Trinajstić information content (AvgIpc) is 2.60. The van der Waals surface area contributed by atoms with Crippen molar-refractivity contribution in [2.45, 2.75) is 0 Å². The highest BCUT2D eigenvalue weighted by Crippen LogP contribution is 2.24. The third-order valence-corrected chi connectivity index (χ3v) is 3.60. The molecule has 0 aliphatic heterocycles. The van der Waals surface area contributed by atoms with Gasteiger partial charge in [-0.05, 0) is 36.4 Å². The predicted octanol–water partition coefficient (Wildman–Crippen LogP) is 5.39. The van der Waals surface area contributed by atoms with Crippen LogP contribution in [-0.4, -0.2) is 32.0 Å². The van der Waals surface area contributed by atoms with Crippen LogP contribution in [0.5, 0.6) is 5.75 Å². The predicted molar refractivity (Wildman–Crippen MR) is 97.3 cm³/mol. The number of hydrogen-bond donors (Lipinski definition) is 0. The molecule has 0 amide bonds. The summed E-state index contributed by atoms with van der Waals surface area (Å²) in [5.74, 6) is 1.89. The summed E-state index contributed by atoms with van der Waals surface area (Å²) in [6.07, 6.45) is 0. The fourth-order valence-electron chi connectivity index (χ4n) is 2.09. The highest BCUT2D eigenvalue weighted by molar-refractivity contribution is 6.18. The lowest BCUT2D eigenvalue weighted by Crippen LogP contribution is -2.27. The summed E-state index contributed by atoms with van der Waals surface area (Å²) in [7, 11) is 1.63. The molecule has 0 aliphatic carbocycles. The number of hydrogen-bond acceptors (Lipinski definition) is 4. The molecule has 0 N–H and O–H groups in total. The van der Waals surface area contributed by atoms with Gasteiger partial charge in [0.05, 0.1) is 18.5 Å². The molecule has 122 valence electrons. The molecule has 0 aromatic heterocycles. The molecule has 2 aromatic carbocycles. The zero-order chi connectivity index (χ0) is 16.5. The minimum atomic E-state index is 0.564. The van der Waals surface area contributed by atoms with Crippen LogP contribution in [0.3, 0.4) is 0 Å². The van der Waals surface area contributed by atoms with Crippen molar-refractivity contribution in [2.75, 3.05) is 36.9 Å². The topological polar surface area (TPSA) is 37.2 Å². The van der Waals surface area contributed by atoms with E-state index < -0.39 is 0 Å². The lowest BCUT2D eigenvalue weighted by molar-refractivity contribution is 0.415. The summed E-state index contributed by atoms with van der Waals surface area (Å²) in [6.45, 7) is 1.53. The van der Waals surface area contributed by atoms with E-state index in [9.17, 15) is 0 Å². The van der Waals surface area contributed by atoms with Gasteiger partial charge in [-0.1, -0.05) is 6.07 Å². The first-order valence-corrected chi connectivity index (χ1v) is 8.36. The van der Waals surface area contributed by atoms with Crippen LogP contribution in [-0.2, 0) is 0 Å². The van der Waals surface area contributed by atoms with Crippen LogP contribution in [0.1, 0.15) is 0 Å². The van der Waals surface area contributed by atoms with Crippen molar-refractivity contribution in [3.05, 3.63) is 48.5 Å². The van der Waals surface area contributed by atoms with Crippen molar-refractivity contribution in [1.29, 1.82) is 0 Å². The normalized spacial score (nSPS) is 10.9. The van der Waals surface area contributed by atoms with Gasteiger partial charge in [0.1, 0.15) is 5.75 Å². The van der Waals surface area contributed by atoms with Gasteiger partial charge >= 0.3 is 0 Å². The van der Waals surface area contributed by atoms with Crippen LogP contribution in [0.15, 0.2) is 58.8 Å². The minimum absolute atomic E-state index is 0.564. The third kappa shape index (κ3) is 5.41. The van der Waals surface area contributed by atoms with E-state index in [1.165, 1.54) is 0 Å². The van der Waals surface area contributed by atoms with E-state index in [1.54, 1.807) is 7.11 Å². The zero-order valence-electron chi connectivity index (χ0n) is 13.0. The molecule has 2 aromatic rings. The average molecular weight is 352 g/mol. The van der Waals surface area contributed by atoms with Crippen LogP contribution < -0.4 is 9.64 Å².